The van der Waals surface area contributed by atoms with Gasteiger partial charge in [0.15, 0.2) is 0 Å². The Bertz CT molecular complexity index is 423. The summed E-state index contributed by atoms with van der Waals surface area (Å²) >= 11 is 0. The van der Waals surface area contributed by atoms with Gasteiger partial charge in [-0.2, -0.15) is 0 Å². The van der Waals surface area contributed by atoms with E-state index < -0.39 is 17.1 Å². The van der Waals surface area contributed by atoms with E-state index in [1.807, 2.05) is 27.7 Å². The maximum atomic E-state index is 13.2. The summed E-state index contributed by atoms with van der Waals surface area (Å²) in [5, 5.41) is -0.104. The normalized spacial score (nSPS) is 14.9. The highest BCUT2D eigenvalue weighted by Gasteiger charge is 2.57. The van der Waals surface area contributed by atoms with Gasteiger partial charge in [-0.25, -0.2) is 0 Å². The van der Waals surface area contributed by atoms with Crippen LogP contribution in [0.25, 0.3) is 0 Å². The van der Waals surface area contributed by atoms with Crippen molar-refractivity contribution in [2.45, 2.75) is 98.3 Å². The first-order chi connectivity index (χ1) is 12.3. The first-order valence-electron chi connectivity index (χ1n) is 10.4. The van der Waals surface area contributed by atoms with Crippen molar-refractivity contribution in [3.05, 3.63) is 0 Å². The van der Waals surface area contributed by atoms with E-state index in [4.69, 9.17) is 17.7 Å². The predicted molar refractivity (Wildman–Crippen MR) is 116 cm³/mol. The largest absolute Gasteiger partial charge is 0.518 e. The van der Waals surface area contributed by atoms with Gasteiger partial charge in [0.1, 0.15) is 0 Å². The van der Waals surface area contributed by atoms with Crippen LogP contribution in [0.4, 0.5) is 0 Å². The van der Waals surface area contributed by atoms with Crippen molar-refractivity contribution in [1.82, 2.24) is 0 Å². The second-order valence-electron chi connectivity index (χ2n) is 9.19. The molecule has 7 heteroatoms. The van der Waals surface area contributed by atoms with Crippen molar-refractivity contribution < 1.29 is 22.5 Å². The van der Waals surface area contributed by atoms with E-state index in [-0.39, 0.29) is 22.0 Å². The molecule has 0 aliphatic rings. The molecule has 162 valence electrons. The molecule has 0 aromatic rings. The van der Waals surface area contributed by atoms with Gasteiger partial charge < -0.3 is 17.7 Å². The molecule has 0 spiro atoms. The molecule has 0 fully saturated rings. The van der Waals surface area contributed by atoms with Crippen LogP contribution in [0.2, 0.25) is 22.2 Å². The zero-order valence-electron chi connectivity index (χ0n) is 19.7. The summed E-state index contributed by atoms with van der Waals surface area (Å²) in [6.07, 6.45) is 0. The van der Waals surface area contributed by atoms with Gasteiger partial charge in [0.25, 0.3) is 14.3 Å². The third kappa shape index (κ3) is 6.66. The molecule has 0 radical (unpaired) electrons. The maximum absolute atomic E-state index is 13.2. The Morgan fingerprint density at radius 2 is 1.19 bits per heavy atom. The second kappa shape index (κ2) is 10.5. The number of carbonyl (C=O) groups excluding carboxylic acids is 1. The van der Waals surface area contributed by atoms with Crippen LogP contribution in [0.3, 0.4) is 0 Å². The standard InChI is InChI=1S/C20H44O5Si2/c1-12-22-27(23-13-2,24-14-3)16-17(5)18(21)25-26(15-4,19(6,7)8)20(9,10)11/h17H,12-16H2,1-11H3. The smallest absolute Gasteiger partial charge is 0.501 e. The molecule has 0 aliphatic heterocycles. The Morgan fingerprint density at radius 1 is 0.815 bits per heavy atom. The zero-order chi connectivity index (χ0) is 21.5. The Balaban J connectivity index is 5.62. The van der Waals surface area contributed by atoms with Crippen LogP contribution in [0.5, 0.6) is 0 Å². The summed E-state index contributed by atoms with van der Waals surface area (Å²) in [5.74, 6) is -0.478. The molecule has 0 aromatic heterocycles. The lowest BCUT2D eigenvalue weighted by atomic mass is 10.2. The van der Waals surface area contributed by atoms with E-state index in [9.17, 15) is 4.79 Å². The maximum Gasteiger partial charge on any atom is 0.501 e. The van der Waals surface area contributed by atoms with Crippen LogP contribution in [0, 0.1) is 5.92 Å². The van der Waals surface area contributed by atoms with E-state index >= 15 is 0 Å². The summed E-state index contributed by atoms with van der Waals surface area (Å²) in [6.45, 7) is 24.6. The Morgan fingerprint density at radius 3 is 1.44 bits per heavy atom. The van der Waals surface area contributed by atoms with Gasteiger partial charge in [-0.05, 0) is 36.9 Å². The topological polar surface area (TPSA) is 54.0 Å². The van der Waals surface area contributed by atoms with Crippen LogP contribution in [0.1, 0.15) is 76.2 Å². The summed E-state index contributed by atoms with van der Waals surface area (Å²) in [4.78, 5) is 13.2. The second-order valence-corrected chi connectivity index (χ2v) is 17.4. The molecule has 1 atom stereocenters. The fraction of sp³-hybridized carbons (Fsp3) is 0.950. The molecule has 5 nitrogen and oxygen atoms in total. The molecule has 0 rings (SSSR count). The fourth-order valence-electron chi connectivity index (χ4n) is 4.26. The monoisotopic (exact) mass is 420 g/mol. The molecule has 0 aliphatic carbocycles. The molecule has 0 amide bonds. The van der Waals surface area contributed by atoms with Crippen molar-refractivity contribution in [3.8, 4) is 0 Å². The minimum absolute atomic E-state index is 0.0519. The summed E-state index contributed by atoms with van der Waals surface area (Å²) in [5.41, 5.74) is 0. The SMILES string of the molecule is CCO[Si](CC(C)C(=O)O[Si](CC)(C(C)(C)C)C(C)(C)C)(OCC)OCC. The van der Waals surface area contributed by atoms with Crippen molar-refractivity contribution in [2.24, 2.45) is 5.92 Å². The average Bonchev–Trinajstić information content (AvgIpc) is 2.50. The van der Waals surface area contributed by atoms with Gasteiger partial charge in [0, 0.05) is 25.9 Å². The number of hydrogen-bond acceptors (Lipinski definition) is 5. The summed E-state index contributed by atoms with van der Waals surface area (Å²) in [7, 11) is -5.27. The Labute approximate surface area is 170 Å². The summed E-state index contributed by atoms with van der Waals surface area (Å²) in [6, 6.07) is 1.34. The van der Waals surface area contributed by atoms with E-state index in [1.165, 1.54) is 0 Å². The van der Waals surface area contributed by atoms with Crippen molar-refractivity contribution in [1.29, 1.82) is 0 Å². The lowest BCUT2D eigenvalue weighted by Crippen LogP contribution is -2.56. The molecule has 0 N–H and O–H groups in total. The average molecular weight is 421 g/mol. The van der Waals surface area contributed by atoms with E-state index in [0.29, 0.717) is 25.9 Å². The molecular weight excluding hydrogens is 376 g/mol. The first kappa shape index (κ1) is 26.8. The Kier molecular flexibility index (Phi) is 10.4. The molecule has 27 heavy (non-hydrogen) atoms. The Hall–Kier alpha value is -0.216. The first-order valence-corrected chi connectivity index (χ1v) is 14.4. The number of carbonyl (C=O) groups is 1. The van der Waals surface area contributed by atoms with E-state index in [1.54, 1.807) is 0 Å². The van der Waals surface area contributed by atoms with Crippen LogP contribution < -0.4 is 0 Å². The molecular formula is C20H44O5Si2. The van der Waals surface area contributed by atoms with Crippen LogP contribution in [0.15, 0.2) is 0 Å². The van der Waals surface area contributed by atoms with Gasteiger partial charge in [-0.3, -0.25) is 4.79 Å². The fourth-order valence-corrected chi connectivity index (χ4v) is 12.8. The highest BCUT2D eigenvalue weighted by atomic mass is 28.4. The quantitative estimate of drug-likeness (QED) is 0.397. The lowest BCUT2D eigenvalue weighted by Gasteiger charge is -2.49. The summed E-state index contributed by atoms with van der Waals surface area (Å²) < 4.78 is 24.2. The predicted octanol–water partition coefficient (Wildman–Crippen LogP) is 5.78. The van der Waals surface area contributed by atoms with Crippen molar-refractivity contribution in [3.63, 3.8) is 0 Å². The van der Waals surface area contributed by atoms with Crippen molar-refractivity contribution in [2.75, 3.05) is 19.8 Å². The highest BCUT2D eigenvalue weighted by molar-refractivity contribution is 6.80. The van der Waals surface area contributed by atoms with Crippen LogP contribution >= 0.6 is 0 Å². The third-order valence-corrected chi connectivity index (χ3v) is 14.9. The third-order valence-electron chi connectivity index (χ3n) is 5.25. The zero-order valence-corrected chi connectivity index (χ0v) is 21.7. The van der Waals surface area contributed by atoms with Gasteiger partial charge >= 0.3 is 8.80 Å². The van der Waals surface area contributed by atoms with Gasteiger partial charge in [-0.15, -0.1) is 0 Å². The van der Waals surface area contributed by atoms with Crippen LogP contribution in [-0.2, 0) is 22.5 Å². The number of hydrogen-bond donors (Lipinski definition) is 0. The molecule has 1 unspecified atom stereocenters. The van der Waals surface area contributed by atoms with Crippen molar-refractivity contribution >= 4 is 23.1 Å². The van der Waals surface area contributed by atoms with E-state index in [0.717, 1.165) is 6.04 Å². The van der Waals surface area contributed by atoms with Gasteiger partial charge in [0.05, 0.1) is 5.92 Å². The van der Waals surface area contributed by atoms with E-state index in [2.05, 4.69) is 48.5 Å². The van der Waals surface area contributed by atoms with Crippen LogP contribution in [-0.4, -0.2) is 42.9 Å². The molecule has 0 heterocycles. The lowest BCUT2D eigenvalue weighted by molar-refractivity contribution is -0.139. The minimum Gasteiger partial charge on any atom is -0.518 e. The van der Waals surface area contributed by atoms with Gasteiger partial charge in [-0.1, -0.05) is 55.4 Å². The van der Waals surface area contributed by atoms with Gasteiger partial charge in [0.2, 0.25) is 0 Å². The minimum atomic E-state index is -2.88. The molecule has 0 aromatic carbocycles. The molecule has 0 saturated heterocycles. The molecule has 0 bridgehead atoms. The highest BCUT2D eigenvalue weighted by Crippen LogP contribution is 2.54. The molecule has 0 saturated carbocycles. The number of rotatable bonds is 11.